The summed E-state index contributed by atoms with van der Waals surface area (Å²) < 4.78 is 0. The SMILES string of the molecule is CCN(CC)CCNc1nncc(-c2ccc(Cl)cc2)n1. The van der Waals surface area contributed by atoms with Crippen molar-refractivity contribution in [1.82, 2.24) is 20.1 Å². The fraction of sp³-hybridized carbons (Fsp3) is 0.400. The van der Waals surface area contributed by atoms with Gasteiger partial charge in [-0.05, 0) is 25.2 Å². The third kappa shape index (κ3) is 4.65. The van der Waals surface area contributed by atoms with Gasteiger partial charge >= 0.3 is 0 Å². The fourth-order valence-electron chi connectivity index (χ4n) is 2.00. The first-order valence-corrected chi connectivity index (χ1v) is 7.52. The number of hydrogen-bond donors (Lipinski definition) is 1. The van der Waals surface area contributed by atoms with Crippen molar-refractivity contribution in [2.24, 2.45) is 0 Å². The largest absolute Gasteiger partial charge is 0.352 e. The number of likely N-dealkylation sites (N-methyl/N-ethyl adjacent to an activating group) is 1. The molecule has 0 saturated heterocycles. The molecule has 1 heterocycles. The average Bonchev–Trinajstić information content (AvgIpc) is 2.53. The molecule has 21 heavy (non-hydrogen) atoms. The molecule has 2 aromatic rings. The van der Waals surface area contributed by atoms with Crippen LogP contribution in [-0.2, 0) is 0 Å². The van der Waals surface area contributed by atoms with Crippen LogP contribution in [-0.4, -0.2) is 46.3 Å². The zero-order chi connectivity index (χ0) is 15.1. The number of nitrogens with one attached hydrogen (secondary N) is 1. The fourth-order valence-corrected chi connectivity index (χ4v) is 2.13. The van der Waals surface area contributed by atoms with Crippen molar-refractivity contribution in [3.8, 4) is 11.3 Å². The van der Waals surface area contributed by atoms with E-state index in [-0.39, 0.29) is 0 Å². The lowest BCUT2D eigenvalue weighted by atomic mass is 10.2. The predicted molar refractivity (Wildman–Crippen MR) is 86.6 cm³/mol. The van der Waals surface area contributed by atoms with Crippen molar-refractivity contribution in [2.45, 2.75) is 13.8 Å². The van der Waals surface area contributed by atoms with E-state index in [1.807, 2.05) is 24.3 Å². The molecule has 0 aliphatic heterocycles. The van der Waals surface area contributed by atoms with Crippen LogP contribution in [0.3, 0.4) is 0 Å². The quantitative estimate of drug-likeness (QED) is 0.852. The van der Waals surface area contributed by atoms with E-state index in [4.69, 9.17) is 11.6 Å². The van der Waals surface area contributed by atoms with Crippen LogP contribution in [0.15, 0.2) is 30.5 Å². The van der Waals surface area contributed by atoms with Gasteiger partial charge in [0.15, 0.2) is 0 Å². The summed E-state index contributed by atoms with van der Waals surface area (Å²) in [6, 6.07) is 7.52. The first-order chi connectivity index (χ1) is 10.2. The Morgan fingerprint density at radius 3 is 2.52 bits per heavy atom. The maximum atomic E-state index is 5.89. The molecule has 0 spiro atoms. The van der Waals surface area contributed by atoms with Crippen LogP contribution in [0.2, 0.25) is 5.02 Å². The number of benzene rings is 1. The second-order valence-electron chi connectivity index (χ2n) is 4.63. The van der Waals surface area contributed by atoms with E-state index >= 15 is 0 Å². The number of nitrogens with zero attached hydrogens (tertiary/aromatic N) is 4. The molecule has 1 aromatic heterocycles. The number of hydrogen-bond acceptors (Lipinski definition) is 5. The second-order valence-corrected chi connectivity index (χ2v) is 5.06. The second kappa shape index (κ2) is 7.90. The van der Waals surface area contributed by atoms with Crippen molar-refractivity contribution in [2.75, 3.05) is 31.5 Å². The van der Waals surface area contributed by atoms with Crippen LogP contribution in [0.25, 0.3) is 11.3 Å². The van der Waals surface area contributed by atoms with Crippen molar-refractivity contribution in [3.05, 3.63) is 35.5 Å². The van der Waals surface area contributed by atoms with Gasteiger partial charge in [-0.15, -0.1) is 5.10 Å². The van der Waals surface area contributed by atoms with E-state index in [1.165, 1.54) is 0 Å². The minimum atomic E-state index is 0.551. The Kier molecular flexibility index (Phi) is 5.90. The van der Waals surface area contributed by atoms with Gasteiger partial charge in [-0.2, -0.15) is 5.10 Å². The summed E-state index contributed by atoms with van der Waals surface area (Å²) in [6.07, 6.45) is 1.65. The highest BCUT2D eigenvalue weighted by Crippen LogP contribution is 2.19. The highest BCUT2D eigenvalue weighted by atomic mass is 35.5. The van der Waals surface area contributed by atoms with Crippen LogP contribution >= 0.6 is 11.6 Å². The van der Waals surface area contributed by atoms with Crippen molar-refractivity contribution >= 4 is 17.5 Å². The van der Waals surface area contributed by atoms with E-state index in [2.05, 4.69) is 39.2 Å². The van der Waals surface area contributed by atoms with E-state index in [1.54, 1.807) is 6.20 Å². The smallest absolute Gasteiger partial charge is 0.243 e. The molecule has 1 N–H and O–H groups in total. The Labute approximate surface area is 130 Å². The summed E-state index contributed by atoms with van der Waals surface area (Å²) in [5, 5.41) is 11.9. The third-order valence-electron chi connectivity index (χ3n) is 3.30. The van der Waals surface area contributed by atoms with Gasteiger partial charge in [0.25, 0.3) is 0 Å². The first-order valence-electron chi connectivity index (χ1n) is 7.14. The molecular weight excluding hydrogens is 286 g/mol. The Morgan fingerprint density at radius 2 is 1.86 bits per heavy atom. The Balaban J connectivity index is 1.99. The van der Waals surface area contributed by atoms with E-state index in [9.17, 15) is 0 Å². The lowest BCUT2D eigenvalue weighted by Crippen LogP contribution is -2.29. The predicted octanol–water partition coefficient (Wildman–Crippen LogP) is 2.95. The summed E-state index contributed by atoms with van der Waals surface area (Å²) >= 11 is 5.89. The van der Waals surface area contributed by atoms with Crippen LogP contribution in [0.5, 0.6) is 0 Å². The van der Waals surface area contributed by atoms with E-state index < -0.39 is 0 Å². The standard InChI is InChI=1S/C15H20ClN5/c1-3-21(4-2)10-9-17-15-19-14(11-18-20-15)12-5-7-13(16)8-6-12/h5-8,11H,3-4,9-10H2,1-2H3,(H,17,19,20). The van der Waals surface area contributed by atoms with Gasteiger partial charge in [0, 0.05) is 23.7 Å². The van der Waals surface area contributed by atoms with Crippen molar-refractivity contribution in [1.29, 1.82) is 0 Å². The molecule has 0 radical (unpaired) electrons. The molecule has 0 aliphatic carbocycles. The van der Waals surface area contributed by atoms with Gasteiger partial charge in [-0.25, -0.2) is 4.98 Å². The molecule has 0 atom stereocenters. The van der Waals surface area contributed by atoms with Crippen LogP contribution in [0.4, 0.5) is 5.95 Å². The number of rotatable bonds is 7. The maximum absolute atomic E-state index is 5.89. The molecule has 0 saturated carbocycles. The molecule has 0 aliphatic rings. The van der Waals surface area contributed by atoms with E-state index in [0.717, 1.165) is 37.4 Å². The van der Waals surface area contributed by atoms with E-state index in [0.29, 0.717) is 11.0 Å². The molecule has 6 heteroatoms. The molecule has 2 rings (SSSR count). The third-order valence-corrected chi connectivity index (χ3v) is 3.56. The Bertz CT molecular complexity index is 554. The molecule has 112 valence electrons. The average molecular weight is 306 g/mol. The Morgan fingerprint density at radius 1 is 1.14 bits per heavy atom. The van der Waals surface area contributed by atoms with Gasteiger partial charge in [-0.3, -0.25) is 0 Å². The maximum Gasteiger partial charge on any atom is 0.243 e. The summed E-state index contributed by atoms with van der Waals surface area (Å²) in [5.74, 6) is 0.551. The molecule has 5 nitrogen and oxygen atoms in total. The first kappa shape index (κ1) is 15.7. The zero-order valence-electron chi connectivity index (χ0n) is 12.4. The van der Waals surface area contributed by atoms with Gasteiger partial charge in [0.2, 0.25) is 5.95 Å². The highest BCUT2D eigenvalue weighted by molar-refractivity contribution is 6.30. The lowest BCUT2D eigenvalue weighted by Gasteiger charge is -2.17. The van der Waals surface area contributed by atoms with Gasteiger partial charge < -0.3 is 10.2 Å². The summed E-state index contributed by atoms with van der Waals surface area (Å²) in [4.78, 5) is 6.81. The molecule has 0 fully saturated rings. The zero-order valence-corrected chi connectivity index (χ0v) is 13.1. The van der Waals surface area contributed by atoms with Gasteiger partial charge in [0.05, 0.1) is 11.9 Å². The lowest BCUT2D eigenvalue weighted by molar-refractivity contribution is 0.315. The van der Waals surface area contributed by atoms with Crippen LogP contribution < -0.4 is 5.32 Å². The molecule has 0 unspecified atom stereocenters. The monoisotopic (exact) mass is 305 g/mol. The number of halogens is 1. The summed E-state index contributed by atoms with van der Waals surface area (Å²) in [5.41, 5.74) is 1.76. The van der Waals surface area contributed by atoms with Gasteiger partial charge in [-0.1, -0.05) is 37.6 Å². The van der Waals surface area contributed by atoms with Crippen molar-refractivity contribution in [3.63, 3.8) is 0 Å². The Hall–Kier alpha value is -1.72. The molecule has 0 bridgehead atoms. The molecule has 1 aromatic carbocycles. The normalized spacial score (nSPS) is 10.9. The minimum Gasteiger partial charge on any atom is -0.352 e. The van der Waals surface area contributed by atoms with Gasteiger partial charge in [0.1, 0.15) is 0 Å². The molecule has 0 amide bonds. The summed E-state index contributed by atoms with van der Waals surface area (Å²) in [6.45, 7) is 8.16. The van der Waals surface area contributed by atoms with Crippen LogP contribution in [0, 0.1) is 0 Å². The van der Waals surface area contributed by atoms with Crippen molar-refractivity contribution < 1.29 is 0 Å². The van der Waals surface area contributed by atoms with Crippen LogP contribution in [0.1, 0.15) is 13.8 Å². The minimum absolute atomic E-state index is 0.551. The number of anilines is 1. The topological polar surface area (TPSA) is 53.9 Å². The summed E-state index contributed by atoms with van der Waals surface area (Å²) in [7, 11) is 0. The molecular formula is C15H20ClN5. The highest BCUT2D eigenvalue weighted by Gasteiger charge is 2.04. The number of aromatic nitrogens is 3.